The molecule has 0 bridgehead atoms. The second-order valence-corrected chi connectivity index (χ2v) is 15.9. The summed E-state index contributed by atoms with van der Waals surface area (Å²) in [7, 11) is 0. The molecule has 0 atom stereocenters. The molecular weight excluding hydrogens is 643 g/mol. The summed E-state index contributed by atoms with van der Waals surface area (Å²) < 4.78 is 2.33. The molecule has 2 saturated carbocycles. The van der Waals surface area contributed by atoms with Gasteiger partial charge in [0.15, 0.2) is 17.0 Å². The van der Waals surface area contributed by atoms with Crippen LogP contribution in [0.5, 0.6) is 0 Å². The van der Waals surface area contributed by atoms with Crippen LogP contribution in [0.2, 0.25) is 0 Å². The number of anilines is 2. The zero-order chi connectivity index (χ0) is 35.4. The van der Waals surface area contributed by atoms with Gasteiger partial charge in [0.05, 0.1) is 6.33 Å². The van der Waals surface area contributed by atoms with Crippen LogP contribution < -0.4 is 16.4 Å². The van der Waals surface area contributed by atoms with E-state index in [0.29, 0.717) is 24.2 Å². The smallest absolute Gasteiger partial charge is 0.227 e. The van der Waals surface area contributed by atoms with Crippen LogP contribution in [-0.4, -0.2) is 86.7 Å². The number of benzene rings is 2. The molecule has 2 aliphatic carbocycles. The van der Waals surface area contributed by atoms with E-state index >= 15 is 0 Å². The highest BCUT2D eigenvalue weighted by Gasteiger charge is 2.26. The highest BCUT2D eigenvalue weighted by Crippen LogP contribution is 2.34. The van der Waals surface area contributed by atoms with Crippen molar-refractivity contribution in [1.29, 1.82) is 0 Å². The molecule has 7 rings (SSSR count). The summed E-state index contributed by atoms with van der Waals surface area (Å²) in [6.45, 7) is 7.02. The Kier molecular flexibility index (Phi) is 13.4. The van der Waals surface area contributed by atoms with E-state index in [0.717, 1.165) is 87.4 Å². The Bertz CT molecular complexity index is 1560. The van der Waals surface area contributed by atoms with Crippen molar-refractivity contribution >= 4 is 22.9 Å². The number of nitrogens with one attached hydrogen (secondary N) is 2. The Hall–Kier alpha value is -3.53. The van der Waals surface area contributed by atoms with Crippen molar-refractivity contribution in [3.05, 3.63) is 78.1 Å². The first-order chi connectivity index (χ1) is 25.7. The van der Waals surface area contributed by atoms with E-state index in [4.69, 9.17) is 20.7 Å². The minimum Gasteiger partial charge on any atom is -0.365 e. The minimum atomic E-state index is 0.327. The molecule has 280 valence electrons. The molecule has 0 unspecified atom stereocenters. The molecule has 2 aromatic carbocycles. The van der Waals surface area contributed by atoms with Crippen molar-refractivity contribution in [2.75, 3.05) is 49.9 Å². The zero-order valence-corrected chi connectivity index (χ0v) is 31.5. The van der Waals surface area contributed by atoms with Crippen LogP contribution >= 0.6 is 0 Å². The van der Waals surface area contributed by atoms with Crippen molar-refractivity contribution in [2.24, 2.45) is 5.73 Å². The maximum absolute atomic E-state index is 6.20. The fourth-order valence-corrected chi connectivity index (χ4v) is 8.78. The van der Waals surface area contributed by atoms with Crippen molar-refractivity contribution in [2.45, 2.75) is 127 Å². The van der Waals surface area contributed by atoms with Crippen LogP contribution in [0.1, 0.15) is 107 Å². The Balaban J connectivity index is 0.887. The summed E-state index contributed by atoms with van der Waals surface area (Å²) in [5.74, 6) is 1.64. The SMILES string of the molecule is NC1CCC(Nc2nc(NC3CCN(CCCCN(CCCc4ccccc4)CCCc4ccccc4)CC3)c3ncn(C4CCCC4)c3n2)CC1. The van der Waals surface area contributed by atoms with Crippen molar-refractivity contribution in [3.63, 3.8) is 0 Å². The lowest BCUT2D eigenvalue weighted by Gasteiger charge is -2.33. The number of likely N-dealkylation sites (tertiary alicyclic amines) is 1. The number of nitrogens with zero attached hydrogens (tertiary/aromatic N) is 6. The first kappa shape index (κ1) is 36.8. The van der Waals surface area contributed by atoms with Crippen LogP contribution in [0, 0.1) is 0 Å². The highest BCUT2D eigenvalue weighted by molar-refractivity contribution is 5.84. The van der Waals surface area contributed by atoms with E-state index in [1.54, 1.807) is 0 Å². The lowest BCUT2D eigenvalue weighted by Crippen LogP contribution is -2.40. The molecule has 3 fully saturated rings. The Labute approximate surface area is 312 Å². The number of rotatable bonds is 18. The Morgan fingerprint density at radius 2 is 1.29 bits per heavy atom. The fourth-order valence-electron chi connectivity index (χ4n) is 8.78. The summed E-state index contributed by atoms with van der Waals surface area (Å²) in [6.07, 6.45) is 20.8. The van der Waals surface area contributed by atoms with Gasteiger partial charge in [-0.25, -0.2) is 4.98 Å². The number of imidazole rings is 1. The largest absolute Gasteiger partial charge is 0.365 e. The molecule has 9 nitrogen and oxygen atoms in total. The molecule has 9 heteroatoms. The van der Waals surface area contributed by atoms with Gasteiger partial charge in [-0.3, -0.25) is 0 Å². The van der Waals surface area contributed by atoms with Gasteiger partial charge in [0, 0.05) is 37.3 Å². The number of hydrogen-bond donors (Lipinski definition) is 3. The number of nitrogens with two attached hydrogens (primary N) is 1. The van der Waals surface area contributed by atoms with E-state index in [2.05, 4.69) is 85.7 Å². The van der Waals surface area contributed by atoms with Gasteiger partial charge in [-0.05, 0) is 127 Å². The van der Waals surface area contributed by atoms with Gasteiger partial charge in [0.25, 0.3) is 0 Å². The molecule has 0 amide bonds. The molecule has 4 aromatic rings. The average molecular weight is 706 g/mol. The summed E-state index contributed by atoms with van der Waals surface area (Å²) in [5, 5.41) is 7.55. The number of aromatic nitrogens is 4. The van der Waals surface area contributed by atoms with Crippen LogP contribution in [0.4, 0.5) is 11.8 Å². The molecule has 4 N–H and O–H groups in total. The Morgan fingerprint density at radius 1 is 0.673 bits per heavy atom. The predicted octanol–water partition coefficient (Wildman–Crippen LogP) is 7.85. The molecule has 52 heavy (non-hydrogen) atoms. The average Bonchev–Trinajstić information content (AvgIpc) is 3.87. The summed E-state index contributed by atoms with van der Waals surface area (Å²) in [5.41, 5.74) is 11.0. The first-order valence-corrected chi connectivity index (χ1v) is 20.7. The number of unbranched alkanes of at least 4 members (excludes halogenated alkanes) is 1. The number of piperidine rings is 1. The number of aryl methyl sites for hydroxylation is 2. The molecular formula is C43H63N9. The van der Waals surface area contributed by atoms with Crippen molar-refractivity contribution in [3.8, 4) is 0 Å². The Morgan fingerprint density at radius 3 is 1.94 bits per heavy atom. The second kappa shape index (κ2) is 19.0. The number of hydrogen-bond acceptors (Lipinski definition) is 8. The van der Waals surface area contributed by atoms with Crippen molar-refractivity contribution < 1.29 is 0 Å². The molecule has 1 aliphatic heterocycles. The molecule has 0 spiro atoms. The molecule has 2 aromatic heterocycles. The lowest BCUT2D eigenvalue weighted by atomic mass is 9.92. The zero-order valence-electron chi connectivity index (χ0n) is 31.5. The summed E-state index contributed by atoms with van der Waals surface area (Å²) in [6, 6.07) is 23.5. The minimum absolute atomic E-state index is 0.327. The van der Waals surface area contributed by atoms with Gasteiger partial charge in [-0.15, -0.1) is 0 Å². The number of fused-ring (bicyclic) bond motifs is 1. The maximum atomic E-state index is 6.20. The summed E-state index contributed by atoms with van der Waals surface area (Å²) in [4.78, 5) is 20.4. The van der Waals surface area contributed by atoms with Crippen LogP contribution in [-0.2, 0) is 12.8 Å². The van der Waals surface area contributed by atoms with E-state index in [-0.39, 0.29) is 0 Å². The van der Waals surface area contributed by atoms with Gasteiger partial charge in [-0.2, -0.15) is 9.97 Å². The topological polar surface area (TPSA) is 100 Å². The third-order valence-corrected chi connectivity index (χ3v) is 11.9. The van der Waals surface area contributed by atoms with E-state index in [9.17, 15) is 0 Å². The van der Waals surface area contributed by atoms with Crippen LogP contribution in [0.15, 0.2) is 67.0 Å². The van der Waals surface area contributed by atoms with Gasteiger partial charge >= 0.3 is 0 Å². The van der Waals surface area contributed by atoms with Crippen molar-refractivity contribution in [1.82, 2.24) is 29.3 Å². The highest BCUT2D eigenvalue weighted by atomic mass is 15.2. The summed E-state index contributed by atoms with van der Waals surface area (Å²) >= 11 is 0. The third-order valence-electron chi connectivity index (χ3n) is 11.9. The monoisotopic (exact) mass is 706 g/mol. The maximum Gasteiger partial charge on any atom is 0.227 e. The van der Waals surface area contributed by atoms with E-state index in [1.807, 2.05) is 6.33 Å². The predicted molar refractivity (Wildman–Crippen MR) is 215 cm³/mol. The fraction of sp³-hybridized carbons (Fsp3) is 0.605. The molecule has 3 aliphatic rings. The molecule has 0 radical (unpaired) electrons. The van der Waals surface area contributed by atoms with Gasteiger partial charge in [0.1, 0.15) is 0 Å². The standard InChI is InChI=1S/C43H63N9/c44-36-21-23-37(24-22-36)47-43-48-41(40-42(49-43)52(33-45-40)39-19-7-8-20-39)46-38-25-31-51(32-26-38)28-10-9-27-50(29-11-17-34-13-3-1-4-14-34)30-12-18-35-15-5-2-6-16-35/h1-6,13-16,33,36-39H,7-12,17-32,44H2,(H2,46,47,48,49). The van der Waals surface area contributed by atoms with Crippen LogP contribution in [0.25, 0.3) is 11.2 Å². The first-order valence-electron chi connectivity index (χ1n) is 20.7. The second-order valence-electron chi connectivity index (χ2n) is 15.9. The molecule has 1 saturated heterocycles. The van der Waals surface area contributed by atoms with E-state index in [1.165, 1.54) is 88.7 Å². The van der Waals surface area contributed by atoms with E-state index < -0.39 is 0 Å². The quantitative estimate of drug-likeness (QED) is 0.0901. The van der Waals surface area contributed by atoms with Gasteiger partial charge in [0.2, 0.25) is 5.95 Å². The van der Waals surface area contributed by atoms with Gasteiger partial charge < -0.3 is 30.7 Å². The third kappa shape index (κ3) is 10.5. The van der Waals surface area contributed by atoms with Crippen LogP contribution in [0.3, 0.4) is 0 Å². The lowest BCUT2D eigenvalue weighted by molar-refractivity contribution is 0.205. The molecule has 3 heterocycles. The van der Waals surface area contributed by atoms with Gasteiger partial charge in [-0.1, -0.05) is 73.5 Å². The normalized spacial score (nSPS) is 20.6.